The number of amides is 3. The Morgan fingerprint density at radius 2 is 1.64 bits per heavy atom. The molecule has 0 aromatic heterocycles. The third-order valence-corrected chi connectivity index (χ3v) is 3.46. The van der Waals surface area contributed by atoms with E-state index in [9.17, 15) is 18.8 Å². The number of hydrogen-bond acceptors (Lipinski definition) is 4. The largest absolute Gasteiger partial charge is 0.481 e. The summed E-state index contributed by atoms with van der Waals surface area (Å²) in [4.78, 5) is 34.7. The highest BCUT2D eigenvalue weighted by Crippen LogP contribution is 2.13. The number of nitrogens with one attached hydrogen (secondary N) is 3. The molecule has 2 aromatic carbocycles. The molecule has 3 amide bonds. The zero-order chi connectivity index (χ0) is 20.5. The lowest BCUT2D eigenvalue weighted by Crippen LogP contribution is -2.46. The second-order valence-electron chi connectivity index (χ2n) is 5.83. The van der Waals surface area contributed by atoms with Gasteiger partial charge in [-0.25, -0.2) is 4.39 Å². The van der Waals surface area contributed by atoms with E-state index in [2.05, 4.69) is 16.2 Å². The fourth-order valence-corrected chi connectivity index (χ4v) is 2.09. The topological polar surface area (TPSA) is 96.5 Å². The molecule has 0 spiro atoms. The normalized spacial score (nSPS) is 11.5. The van der Waals surface area contributed by atoms with Crippen LogP contribution in [0.25, 0.3) is 6.08 Å². The fraction of sp³-hybridized carbons (Fsp3) is 0.150. The Morgan fingerprint density at radius 3 is 2.25 bits per heavy atom. The molecule has 0 aliphatic carbocycles. The van der Waals surface area contributed by atoms with E-state index in [-0.39, 0.29) is 5.91 Å². The van der Waals surface area contributed by atoms with E-state index in [1.807, 2.05) is 0 Å². The first-order valence-corrected chi connectivity index (χ1v) is 8.41. The Kier molecular flexibility index (Phi) is 7.27. The van der Waals surface area contributed by atoms with Gasteiger partial charge >= 0.3 is 0 Å². The molecule has 0 bridgehead atoms. The van der Waals surface area contributed by atoms with Crippen molar-refractivity contribution in [1.29, 1.82) is 0 Å². The van der Waals surface area contributed by atoms with Crippen molar-refractivity contribution in [1.82, 2.24) is 10.9 Å². The summed E-state index contributed by atoms with van der Waals surface area (Å²) in [6.07, 6.45) is 1.91. The molecule has 7 nitrogen and oxygen atoms in total. The first kappa shape index (κ1) is 20.6. The van der Waals surface area contributed by atoms with E-state index in [0.717, 1.165) is 5.56 Å². The molecule has 0 saturated carbocycles. The summed E-state index contributed by atoms with van der Waals surface area (Å²) in [7, 11) is 0. The lowest BCUT2D eigenvalue weighted by Gasteiger charge is -2.14. The number of anilines is 1. The Labute approximate surface area is 161 Å². The van der Waals surface area contributed by atoms with Gasteiger partial charge in [0.2, 0.25) is 5.91 Å². The first-order valence-electron chi connectivity index (χ1n) is 8.41. The molecular weight excluding hydrogens is 365 g/mol. The van der Waals surface area contributed by atoms with E-state index in [1.54, 1.807) is 30.3 Å². The molecule has 3 N–H and O–H groups in total. The molecule has 28 heavy (non-hydrogen) atoms. The lowest BCUT2D eigenvalue weighted by molar-refractivity contribution is -0.131. The minimum atomic E-state index is -0.893. The number of carbonyl (C=O) groups excluding carboxylic acids is 3. The number of carbonyl (C=O) groups is 3. The summed E-state index contributed by atoms with van der Waals surface area (Å²) in [6, 6.07) is 12.1. The maximum atomic E-state index is 12.9. The van der Waals surface area contributed by atoms with Crippen LogP contribution >= 0.6 is 0 Å². The molecule has 1 atom stereocenters. The molecule has 2 aromatic rings. The summed E-state index contributed by atoms with van der Waals surface area (Å²) in [5, 5.41) is 2.64. The first-order chi connectivity index (χ1) is 13.3. The van der Waals surface area contributed by atoms with Crippen LogP contribution < -0.4 is 20.9 Å². The van der Waals surface area contributed by atoms with Gasteiger partial charge in [0.15, 0.2) is 6.10 Å². The molecule has 0 saturated heterocycles. The lowest BCUT2D eigenvalue weighted by atomic mass is 10.2. The predicted molar refractivity (Wildman–Crippen MR) is 103 cm³/mol. The van der Waals surface area contributed by atoms with Crippen molar-refractivity contribution in [2.24, 2.45) is 0 Å². The Balaban J connectivity index is 1.79. The molecule has 8 heteroatoms. The van der Waals surface area contributed by atoms with Crippen molar-refractivity contribution in [3.05, 3.63) is 66.0 Å². The van der Waals surface area contributed by atoms with E-state index in [1.165, 1.54) is 44.2 Å². The van der Waals surface area contributed by atoms with Gasteiger partial charge in [0.25, 0.3) is 11.8 Å². The molecule has 0 aliphatic heterocycles. The maximum Gasteiger partial charge on any atom is 0.279 e. The maximum absolute atomic E-state index is 12.9. The third kappa shape index (κ3) is 6.91. The average Bonchev–Trinajstić information content (AvgIpc) is 2.66. The summed E-state index contributed by atoms with van der Waals surface area (Å²) < 4.78 is 18.2. The summed E-state index contributed by atoms with van der Waals surface area (Å²) in [5.74, 6) is -1.35. The van der Waals surface area contributed by atoms with Crippen LogP contribution in [0.5, 0.6) is 5.75 Å². The quantitative estimate of drug-likeness (QED) is 0.526. The van der Waals surface area contributed by atoms with Crippen molar-refractivity contribution in [3.63, 3.8) is 0 Å². The third-order valence-electron chi connectivity index (χ3n) is 3.46. The number of ether oxygens (including phenoxy) is 1. The summed E-state index contributed by atoms with van der Waals surface area (Å²) >= 11 is 0. The van der Waals surface area contributed by atoms with Gasteiger partial charge in [0, 0.05) is 18.7 Å². The number of halogens is 1. The van der Waals surface area contributed by atoms with E-state index >= 15 is 0 Å². The van der Waals surface area contributed by atoms with Crippen LogP contribution in [0.1, 0.15) is 19.4 Å². The highest BCUT2D eigenvalue weighted by molar-refractivity contribution is 5.93. The van der Waals surface area contributed by atoms with Crippen molar-refractivity contribution >= 4 is 29.5 Å². The Morgan fingerprint density at radius 1 is 1.00 bits per heavy atom. The monoisotopic (exact) mass is 385 g/mol. The van der Waals surface area contributed by atoms with E-state index in [0.29, 0.717) is 11.4 Å². The Bertz CT molecular complexity index is 864. The van der Waals surface area contributed by atoms with E-state index in [4.69, 9.17) is 4.74 Å². The van der Waals surface area contributed by atoms with Gasteiger partial charge in [0.05, 0.1) is 0 Å². The van der Waals surface area contributed by atoms with Crippen molar-refractivity contribution < 1.29 is 23.5 Å². The summed E-state index contributed by atoms with van der Waals surface area (Å²) in [6.45, 7) is 2.91. The molecule has 0 heterocycles. The standard InChI is InChI=1S/C20H20FN3O4/c1-13(28-18-10-6-16(21)7-11-18)20(27)24-23-19(26)12-5-15-3-8-17(9-4-15)22-14(2)25/h3-13H,1-2H3,(H,22,25)(H,23,26)(H,24,27)/b12-5+. The second kappa shape index (κ2) is 9.86. The number of rotatable bonds is 6. The van der Waals surface area contributed by atoms with Gasteiger partial charge in [-0.1, -0.05) is 12.1 Å². The molecule has 0 aliphatic rings. The molecule has 146 valence electrons. The van der Waals surface area contributed by atoms with Crippen LogP contribution in [-0.4, -0.2) is 23.8 Å². The van der Waals surface area contributed by atoms with Crippen molar-refractivity contribution in [3.8, 4) is 5.75 Å². The minimum absolute atomic E-state index is 0.170. The van der Waals surface area contributed by atoms with Crippen LogP contribution in [0.3, 0.4) is 0 Å². The van der Waals surface area contributed by atoms with Crippen molar-refractivity contribution in [2.45, 2.75) is 20.0 Å². The van der Waals surface area contributed by atoms with Crippen molar-refractivity contribution in [2.75, 3.05) is 5.32 Å². The Hall–Kier alpha value is -3.68. The molecule has 0 fully saturated rings. The zero-order valence-corrected chi connectivity index (χ0v) is 15.4. The van der Waals surface area contributed by atoms with Gasteiger partial charge in [-0.05, 0) is 55.0 Å². The van der Waals surface area contributed by atoms with E-state index < -0.39 is 23.7 Å². The number of hydrogen-bond donors (Lipinski definition) is 3. The molecular formula is C20H20FN3O4. The SMILES string of the molecule is CC(=O)Nc1ccc(/C=C/C(=O)NNC(=O)C(C)Oc2ccc(F)cc2)cc1. The molecule has 0 radical (unpaired) electrons. The second-order valence-corrected chi connectivity index (χ2v) is 5.83. The predicted octanol–water partition coefficient (Wildman–Crippen LogP) is 2.41. The van der Waals surface area contributed by atoms with Gasteiger partial charge in [0.1, 0.15) is 11.6 Å². The number of hydrazine groups is 1. The van der Waals surface area contributed by atoms with Gasteiger partial charge in [-0.2, -0.15) is 0 Å². The van der Waals surface area contributed by atoms with Crippen LogP contribution in [0.2, 0.25) is 0 Å². The van der Waals surface area contributed by atoms with Gasteiger partial charge in [-0.3, -0.25) is 25.2 Å². The smallest absolute Gasteiger partial charge is 0.279 e. The number of benzene rings is 2. The highest BCUT2D eigenvalue weighted by atomic mass is 19.1. The van der Waals surface area contributed by atoms with Crippen LogP contribution in [0.4, 0.5) is 10.1 Å². The van der Waals surface area contributed by atoms with Crippen LogP contribution in [-0.2, 0) is 14.4 Å². The average molecular weight is 385 g/mol. The van der Waals surface area contributed by atoms with Crippen LogP contribution in [0, 0.1) is 5.82 Å². The highest BCUT2D eigenvalue weighted by Gasteiger charge is 2.14. The zero-order valence-electron chi connectivity index (χ0n) is 15.4. The van der Waals surface area contributed by atoms with Gasteiger partial charge in [-0.15, -0.1) is 0 Å². The minimum Gasteiger partial charge on any atom is -0.481 e. The van der Waals surface area contributed by atoms with Gasteiger partial charge < -0.3 is 10.1 Å². The fourth-order valence-electron chi connectivity index (χ4n) is 2.09. The van der Waals surface area contributed by atoms with Crippen LogP contribution in [0.15, 0.2) is 54.6 Å². The summed E-state index contributed by atoms with van der Waals surface area (Å²) in [5.41, 5.74) is 5.88. The molecule has 1 unspecified atom stereocenters. The molecule has 2 rings (SSSR count).